The summed E-state index contributed by atoms with van der Waals surface area (Å²) >= 11 is 0. The molecular weight excluding hydrogens is 240 g/mol. The van der Waals surface area contributed by atoms with Gasteiger partial charge in [-0.1, -0.05) is 37.3 Å². The van der Waals surface area contributed by atoms with Crippen molar-refractivity contribution in [2.45, 2.75) is 25.5 Å². The molecule has 1 heterocycles. The molecule has 19 heavy (non-hydrogen) atoms. The van der Waals surface area contributed by atoms with E-state index in [2.05, 4.69) is 17.6 Å². The molecule has 3 unspecified atom stereocenters. The molecule has 1 aliphatic heterocycles. The Kier molecular flexibility index (Phi) is 4.93. The lowest BCUT2D eigenvalue weighted by atomic mass is 9.94. The molecule has 0 bridgehead atoms. The molecule has 0 saturated carbocycles. The SMILES string of the molecule is COC(C(=O)NC1CNCCC1C)c1ccccc1. The number of nitrogens with one attached hydrogen (secondary N) is 2. The fourth-order valence-corrected chi connectivity index (χ4v) is 2.46. The van der Waals surface area contributed by atoms with Crippen molar-refractivity contribution in [1.29, 1.82) is 0 Å². The van der Waals surface area contributed by atoms with Crippen molar-refractivity contribution in [1.82, 2.24) is 10.6 Å². The Labute approximate surface area is 114 Å². The summed E-state index contributed by atoms with van der Waals surface area (Å²) in [6, 6.07) is 9.77. The molecule has 2 N–H and O–H groups in total. The Hall–Kier alpha value is -1.39. The summed E-state index contributed by atoms with van der Waals surface area (Å²) in [7, 11) is 1.57. The highest BCUT2D eigenvalue weighted by Gasteiger charge is 2.27. The first-order valence-electron chi connectivity index (χ1n) is 6.81. The number of rotatable bonds is 4. The first kappa shape index (κ1) is 14.0. The molecule has 1 fully saturated rings. The van der Waals surface area contributed by atoms with Crippen molar-refractivity contribution >= 4 is 5.91 Å². The molecule has 1 aromatic rings. The second-order valence-electron chi connectivity index (χ2n) is 5.11. The number of hydrogen-bond donors (Lipinski definition) is 2. The van der Waals surface area contributed by atoms with Gasteiger partial charge in [0.25, 0.3) is 5.91 Å². The van der Waals surface area contributed by atoms with Gasteiger partial charge in [-0.3, -0.25) is 4.79 Å². The monoisotopic (exact) mass is 262 g/mol. The van der Waals surface area contributed by atoms with Crippen molar-refractivity contribution in [2.24, 2.45) is 5.92 Å². The van der Waals surface area contributed by atoms with Crippen LogP contribution in [0.25, 0.3) is 0 Å². The number of piperidine rings is 1. The van der Waals surface area contributed by atoms with Crippen LogP contribution in [0.15, 0.2) is 30.3 Å². The van der Waals surface area contributed by atoms with Gasteiger partial charge < -0.3 is 15.4 Å². The van der Waals surface area contributed by atoms with Crippen LogP contribution in [-0.4, -0.2) is 32.1 Å². The Balaban J connectivity index is 2.01. The van der Waals surface area contributed by atoms with Gasteiger partial charge in [-0.05, 0) is 24.4 Å². The number of amides is 1. The van der Waals surface area contributed by atoms with Gasteiger partial charge in [0.15, 0.2) is 6.10 Å². The summed E-state index contributed by atoms with van der Waals surface area (Å²) < 4.78 is 5.34. The highest BCUT2D eigenvalue weighted by molar-refractivity contribution is 5.82. The van der Waals surface area contributed by atoms with Crippen molar-refractivity contribution in [3.05, 3.63) is 35.9 Å². The minimum absolute atomic E-state index is 0.0609. The fraction of sp³-hybridized carbons (Fsp3) is 0.533. The predicted octanol–water partition coefficient (Wildman–Crippen LogP) is 1.49. The van der Waals surface area contributed by atoms with E-state index in [0.29, 0.717) is 5.92 Å². The summed E-state index contributed by atoms with van der Waals surface area (Å²) in [6.45, 7) is 4.04. The van der Waals surface area contributed by atoms with Crippen LogP contribution in [0.5, 0.6) is 0 Å². The van der Waals surface area contributed by atoms with E-state index < -0.39 is 6.10 Å². The van der Waals surface area contributed by atoms with Crippen LogP contribution < -0.4 is 10.6 Å². The first-order chi connectivity index (χ1) is 9.22. The van der Waals surface area contributed by atoms with Crippen molar-refractivity contribution < 1.29 is 9.53 Å². The molecule has 4 heteroatoms. The number of methoxy groups -OCH3 is 1. The zero-order valence-corrected chi connectivity index (χ0v) is 11.6. The lowest BCUT2D eigenvalue weighted by Crippen LogP contribution is -2.51. The molecule has 1 saturated heterocycles. The van der Waals surface area contributed by atoms with Crippen molar-refractivity contribution in [2.75, 3.05) is 20.2 Å². The third-order valence-electron chi connectivity index (χ3n) is 3.73. The van der Waals surface area contributed by atoms with E-state index in [0.717, 1.165) is 25.1 Å². The number of carbonyl (C=O) groups is 1. The molecule has 1 aliphatic rings. The van der Waals surface area contributed by atoms with E-state index in [-0.39, 0.29) is 11.9 Å². The molecule has 0 aliphatic carbocycles. The van der Waals surface area contributed by atoms with Gasteiger partial charge in [0.2, 0.25) is 0 Å². The number of hydrogen-bond acceptors (Lipinski definition) is 3. The summed E-state index contributed by atoms with van der Waals surface area (Å²) in [5.41, 5.74) is 0.888. The first-order valence-corrected chi connectivity index (χ1v) is 6.81. The number of carbonyl (C=O) groups excluding carboxylic acids is 1. The highest BCUT2D eigenvalue weighted by atomic mass is 16.5. The quantitative estimate of drug-likeness (QED) is 0.864. The van der Waals surface area contributed by atoms with Crippen LogP contribution in [0.4, 0.5) is 0 Å². The van der Waals surface area contributed by atoms with Gasteiger partial charge in [-0.25, -0.2) is 0 Å². The summed E-state index contributed by atoms with van der Waals surface area (Å²) in [5, 5.41) is 6.40. The zero-order chi connectivity index (χ0) is 13.7. The summed E-state index contributed by atoms with van der Waals surface area (Å²) in [5.74, 6) is 0.438. The zero-order valence-electron chi connectivity index (χ0n) is 11.6. The van der Waals surface area contributed by atoms with Gasteiger partial charge in [0.05, 0.1) is 0 Å². The third-order valence-corrected chi connectivity index (χ3v) is 3.73. The molecule has 3 atom stereocenters. The average Bonchev–Trinajstić information content (AvgIpc) is 2.43. The van der Waals surface area contributed by atoms with Gasteiger partial charge in [-0.2, -0.15) is 0 Å². The molecule has 1 amide bonds. The van der Waals surface area contributed by atoms with Crippen LogP contribution >= 0.6 is 0 Å². The second kappa shape index (κ2) is 6.68. The van der Waals surface area contributed by atoms with Crippen LogP contribution in [0, 0.1) is 5.92 Å². The Morgan fingerprint density at radius 1 is 1.42 bits per heavy atom. The van der Waals surface area contributed by atoms with E-state index in [1.807, 2.05) is 30.3 Å². The summed E-state index contributed by atoms with van der Waals surface area (Å²) in [4.78, 5) is 12.3. The molecular formula is C15H22N2O2. The maximum Gasteiger partial charge on any atom is 0.254 e. The molecule has 0 aromatic heterocycles. The van der Waals surface area contributed by atoms with Gasteiger partial charge in [0.1, 0.15) is 0 Å². The van der Waals surface area contributed by atoms with E-state index in [1.54, 1.807) is 7.11 Å². The maximum atomic E-state index is 12.3. The molecule has 0 radical (unpaired) electrons. The molecule has 1 aromatic carbocycles. The number of benzene rings is 1. The Morgan fingerprint density at radius 2 is 2.16 bits per heavy atom. The van der Waals surface area contributed by atoms with E-state index in [9.17, 15) is 4.79 Å². The summed E-state index contributed by atoms with van der Waals surface area (Å²) in [6.07, 6.45) is 0.559. The van der Waals surface area contributed by atoms with Crippen LogP contribution in [0.3, 0.4) is 0 Å². The lowest BCUT2D eigenvalue weighted by molar-refractivity contribution is -0.132. The molecule has 104 valence electrons. The third kappa shape index (κ3) is 3.55. The Morgan fingerprint density at radius 3 is 2.79 bits per heavy atom. The Bertz CT molecular complexity index is 408. The van der Waals surface area contributed by atoms with Gasteiger partial charge in [-0.15, -0.1) is 0 Å². The lowest BCUT2D eigenvalue weighted by Gasteiger charge is -2.31. The van der Waals surface area contributed by atoms with Crippen LogP contribution in [0.2, 0.25) is 0 Å². The van der Waals surface area contributed by atoms with Gasteiger partial charge in [0, 0.05) is 19.7 Å². The topological polar surface area (TPSA) is 50.4 Å². The van der Waals surface area contributed by atoms with E-state index in [4.69, 9.17) is 4.74 Å². The molecule has 0 spiro atoms. The van der Waals surface area contributed by atoms with Crippen molar-refractivity contribution in [3.63, 3.8) is 0 Å². The van der Waals surface area contributed by atoms with Crippen LogP contribution in [-0.2, 0) is 9.53 Å². The maximum absolute atomic E-state index is 12.3. The number of ether oxygens (including phenoxy) is 1. The largest absolute Gasteiger partial charge is 0.367 e. The molecule has 4 nitrogen and oxygen atoms in total. The normalized spacial score (nSPS) is 24.7. The van der Waals surface area contributed by atoms with Gasteiger partial charge >= 0.3 is 0 Å². The van der Waals surface area contributed by atoms with Crippen molar-refractivity contribution in [3.8, 4) is 0 Å². The van der Waals surface area contributed by atoms with E-state index in [1.165, 1.54) is 0 Å². The second-order valence-corrected chi connectivity index (χ2v) is 5.11. The highest BCUT2D eigenvalue weighted by Crippen LogP contribution is 2.18. The predicted molar refractivity (Wildman–Crippen MR) is 74.8 cm³/mol. The average molecular weight is 262 g/mol. The van der Waals surface area contributed by atoms with E-state index >= 15 is 0 Å². The smallest absolute Gasteiger partial charge is 0.254 e. The molecule has 2 rings (SSSR count). The standard InChI is InChI=1S/C15H22N2O2/c1-11-8-9-16-10-13(11)17-15(18)14(19-2)12-6-4-3-5-7-12/h3-7,11,13-14,16H,8-10H2,1-2H3,(H,17,18). The fourth-order valence-electron chi connectivity index (χ4n) is 2.46. The van der Waals surface area contributed by atoms with Crippen LogP contribution in [0.1, 0.15) is 25.0 Å². The minimum atomic E-state index is -0.532. The minimum Gasteiger partial charge on any atom is -0.367 e.